The minimum Gasteiger partial charge on any atom is -0.271 e. The Labute approximate surface area is 109 Å². The maximum atomic E-state index is 13.3. The second kappa shape index (κ2) is 6.30. The Morgan fingerprint density at radius 3 is 2.94 bits per heavy atom. The average molecular weight is 250 g/mol. The first kappa shape index (κ1) is 13.5. The van der Waals surface area contributed by atoms with Crippen molar-refractivity contribution in [3.63, 3.8) is 0 Å². The first-order valence-electron chi connectivity index (χ1n) is 6.96. The van der Waals surface area contributed by atoms with Gasteiger partial charge in [-0.15, -0.1) is 0 Å². The van der Waals surface area contributed by atoms with Crippen LogP contribution in [0.4, 0.5) is 4.39 Å². The van der Waals surface area contributed by atoms with Crippen molar-refractivity contribution < 1.29 is 4.39 Å². The zero-order valence-electron chi connectivity index (χ0n) is 11.0. The van der Waals surface area contributed by atoms with Crippen LogP contribution in [0.25, 0.3) is 0 Å². The van der Waals surface area contributed by atoms with Gasteiger partial charge in [0.2, 0.25) is 0 Å². The van der Waals surface area contributed by atoms with Crippen molar-refractivity contribution >= 4 is 0 Å². The zero-order valence-corrected chi connectivity index (χ0v) is 11.0. The van der Waals surface area contributed by atoms with Gasteiger partial charge in [-0.2, -0.15) is 0 Å². The summed E-state index contributed by atoms with van der Waals surface area (Å²) < 4.78 is 13.3. The highest BCUT2D eigenvalue weighted by Gasteiger charge is 2.28. The summed E-state index contributed by atoms with van der Waals surface area (Å²) in [6.45, 7) is 2.25. The van der Waals surface area contributed by atoms with Gasteiger partial charge in [-0.05, 0) is 42.4 Å². The molecule has 3 atom stereocenters. The molecule has 2 rings (SSSR count). The van der Waals surface area contributed by atoms with Crippen molar-refractivity contribution in [2.75, 3.05) is 0 Å². The topological polar surface area (TPSA) is 38.0 Å². The first-order valence-corrected chi connectivity index (χ1v) is 6.96. The summed E-state index contributed by atoms with van der Waals surface area (Å²) in [6, 6.07) is 6.88. The highest BCUT2D eigenvalue weighted by molar-refractivity contribution is 5.21. The van der Waals surface area contributed by atoms with Crippen LogP contribution in [0.1, 0.15) is 50.6 Å². The van der Waals surface area contributed by atoms with Gasteiger partial charge in [-0.3, -0.25) is 11.3 Å². The van der Waals surface area contributed by atoms with Crippen molar-refractivity contribution in [3.05, 3.63) is 35.6 Å². The molecule has 1 saturated carbocycles. The van der Waals surface area contributed by atoms with Crippen LogP contribution >= 0.6 is 0 Å². The zero-order chi connectivity index (χ0) is 13.0. The molecule has 3 heteroatoms. The van der Waals surface area contributed by atoms with Crippen molar-refractivity contribution in [2.24, 2.45) is 17.7 Å². The van der Waals surface area contributed by atoms with Crippen LogP contribution in [0.15, 0.2) is 24.3 Å². The van der Waals surface area contributed by atoms with E-state index in [0.29, 0.717) is 5.92 Å². The van der Waals surface area contributed by atoms with Crippen LogP contribution < -0.4 is 11.3 Å². The minimum atomic E-state index is -0.185. The van der Waals surface area contributed by atoms with E-state index in [-0.39, 0.29) is 11.9 Å². The lowest BCUT2D eigenvalue weighted by Gasteiger charge is -2.34. The Bertz CT molecular complexity index is 381. The molecule has 0 bridgehead atoms. The van der Waals surface area contributed by atoms with Gasteiger partial charge < -0.3 is 0 Å². The first-order chi connectivity index (χ1) is 8.74. The van der Waals surface area contributed by atoms with Crippen LogP contribution in [0.5, 0.6) is 0 Å². The number of hydrazine groups is 1. The molecule has 0 aliphatic heterocycles. The SMILES string of the molecule is CCC1CCCC(C(NN)c2cccc(F)c2)C1. The van der Waals surface area contributed by atoms with E-state index in [4.69, 9.17) is 5.84 Å². The number of benzene rings is 1. The summed E-state index contributed by atoms with van der Waals surface area (Å²) in [4.78, 5) is 0. The predicted octanol–water partition coefficient (Wildman–Crippen LogP) is 3.55. The summed E-state index contributed by atoms with van der Waals surface area (Å²) in [7, 11) is 0. The monoisotopic (exact) mass is 250 g/mol. The molecule has 1 aromatic rings. The molecule has 3 unspecified atom stereocenters. The number of hydrogen-bond donors (Lipinski definition) is 2. The third kappa shape index (κ3) is 3.09. The fourth-order valence-corrected chi connectivity index (χ4v) is 3.21. The molecule has 18 heavy (non-hydrogen) atoms. The molecule has 1 aliphatic rings. The summed E-state index contributed by atoms with van der Waals surface area (Å²) >= 11 is 0. The Balaban J connectivity index is 2.12. The highest BCUT2D eigenvalue weighted by Crippen LogP contribution is 2.38. The lowest BCUT2D eigenvalue weighted by atomic mass is 9.75. The molecule has 0 radical (unpaired) electrons. The van der Waals surface area contributed by atoms with Crippen LogP contribution in [0, 0.1) is 17.7 Å². The Morgan fingerprint density at radius 2 is 2.28 bits per heavy atom. The number of halogens is 1. The number of rotatable bonds is 4. The van der Waals surface area contributed by atoms with Crippen molar-refractivity contribution in [2.45, 2.75) is 45.1 Å². The third-order valence-electron chi connectivity index (χ3n) is 4.26. The molecule has 0 amide bonds. The number of nitrogens with one attached hydrogen (secondary N) is 1. The van der Waals surface area contributed by atoms with Crippen molar-refractivity contribution in [1.82, 2.24) is 5.43 Å². The largest absolute Gasteiger partial charge is 0.271 e. The highest BCUT2D eigenvalue weighted by atomic mass is 19.1. The van der Waals surface area contributed by atoms with Crippen LogP contribution in [-0.2, 0) is 0 Å². The van der Waals surface area contributed by atoms with Gasteiger partial charge >= 0.3 is 0 Å². The van der Waals surface area contributed by atoms with Gasteiger partial charge in [0, 0.05) is 6.04 Å². The van der Waals surface area contributed by atoms with Gasteiger partial charge in [0.1, 0.15) is 5.82 Å². The Hall–Kier alpha value is -0.930. The van der Waals surface area contributed by atoms with E-state index in [0.717, 1.165) is 11.5 Å². The van der Waals surface area contributed by atoms with E-state index in [1.807, 2.05) is 6.07 Å². The van der Waals surface area contributed by atoms with E-state index in [1.165, 1.54) is 38.2 Å². The average Bonchev–Trinajstić information content (AvgIpc) is 2.40. The van der Waals surface area contributed by atoms with Gasteiger partial charge in [0.15, 0.2) is 0 Å². The fraction of sp³-hybridized carbons (Fsp3) is 0.600. The minimum absolute atomic E-state index is 0.0787. The molecule has 3 N–H and O–H groups in total. The van der Waals surface area contributed by atoms with Crippen LogP contribution in [0.3, 0.4) is 0 Å². The quantitative estimate of drug-likeness (QED) is 0.633. The summed E-state index contributed by atoms with van der Waals surface area (Å²) in [5, 5.41) is 0. The molecular formula is C15H23FN2. The van der Waals surface area contributed by atoms with Crippen LogP contribution in [0.2, 0.25) is 0 Å². The maximum Gasteiger partial charge on any atom is 0.123 e. The summed E-state index contributed by atoms with van der Waals surface area (Å²) in [5.74, 6) is 6.84. The molecule has 0 spiro atoms. The third-order valence-corrected chi connectivity index (χ3v) is 4.26. The maximum absolute atomic E-state index is 13.3. The molecule has 1 aliphatic carbocycles. The van der Waals surface area contributed by atoms with E-state index in [2.05, 4.69) is 12.3 Å². The predicted molar refractivity (Wildman–Crippen MR) is 72.2 cm³/mol. The summed E-state index contributed by atoms with van der Waals surface area (Å²) in [5.41, 5.74) is 3.86. The van der Waals surface area contributed by atoms with E-state index >= 15 is 0 Å². The summed E-state index contributed by atoms with van der Waals surface area (Å²) in [6.07, 6.45) is 6.20. The molecule has 100 valence electrons. The molecule has 0 heterocycles. The molecular weight excluding hydrogens is 227 g/mol. The second-order valence-electron chi connectivity index (χ2n) is 5.40. The lowest BCUT2D eigenvalue weighted by molar-refractivity contribution is 0.210. The number of nitrogens with two attached hydrogens (primary N) is 1. The molecule has 1 aromatic carbocycles. The Kier molecular flexibility index (Phi) is 4.72. The number of hydrogen-bond acceptors (Lipinski definition) is 2. The smallest absolute Gasteiger partial charge is 0.123 e. The fourth-order valence-electron chi connectivity index (χ4n) is 3.21. The molecule has 0 aromatic heterocycles. The van der Waals surface area contributed by atoms with E-state index in [1.54, 1.807) is 12.1 Å². The lowest BCUT2D eigenvalue weighted by Crippen LogP contribution is -2.35. The standard InChI is InChI=1S/C15H23FN2/c1-2-11-5-3-6-12(9-11)15(18-17)13-7-4-8-14(16)10-13/h4,7-8,10-12,15,18H,2-3,5-6,9,17H2,1H3. The van der Waals surface area contributed by atoms with Crippen LogP contribution in [-0.4, -0.2) is 0 Å². The van der Waals surface area contributed by atoms with Gasteiger partial charge in [0.25, 0.3) is 0 Å². The van der Waals surface area contributed by atoms with E-state index in [9.17, 15) is 4.39 Å². The van der Waals surface area contributed by atoms with Gasteiger partial charge in [0.05, 0.1) is 0 Å². The van der Waals surface area contributed by atoms with Crippen molar-refractivity contribution in [1.29, 1.82) is 0 Å². The van der Waals surface area contributed by atoms with Gasteiger partial charge in [-0.25, -0.2) is 4.39 Å². The molecule has 0 saturated heterocycles. The van der Waals surface area contributed by atoms with E-state index < -0.39 is 0 Å². The Morgan fingerprint density at radius 1 is 1.44 bits per heavy atom. The van der Waals surface area contributed by atoms with Gasteiger partial charge in [-0.1, -0.05) is 38.3 Å². The molecule has 1 fully saturated rings. The normalized spacial score (nSPS) is 25.9. The molecule has 2 nitrogen and oxygen atoms in total. The second-order valence-corrected chi connectivity index (χ2v) is 5.40. The van der Waals surface area contributed by atoms with Crippen molar-refractivity contribution in [3.8, 4) is 0 Å².